The maximum Gasteiger partial charge on any atom is 0.416 e. The molecule has 1 aromatic carbocycles. The Bertz CT molecular complexity index is 477. The van der Waals surface area contributed by atoms with Crippen LogP contribution in [0.5, 0.6) is 5.75 Å². The Hall–Kier alpha value is -1.98. The minimum atomic E-state index is -4.31. The minimum absolute atomic E-state index is 0.360. The molecule has 2 rings (SSSR count). The summed E-state index contributed by atoms with van der Waals surface area (Å²) in [5, 5.41) is 0. The highest BCUT2D eigenvalue weighted by Gasteiger charge is 2.29. The van der Waals surface area contributed by atoms with Gasteiger partial charge in [0.25, 0.3) is 0 Å². The van der Waals surface area contributed by atoms with Crippen LogP contribution < -0.4 is 4.74 Å². The zero-order chi connectivity index (χ0) is 13.0. The molecule has 0 saturated carbocycles. The van der Waals surface area contributed by atoms with E-state index in [1.165, 1.54) is 12.1 Å². The van der Waals surface area contributed by atoms with Crippen molar-refractivity contribution in [3.63, 3.8) is 0 Å². The quantitative estimate of drug-likeness (QED) is 0.913. The highest BCUT2D eigenvalue weighted by molar-refractivity contribution is 5.28. The number of hydrogen-bond donors (Lipinski definition) is 1. The molecule has 0 aliphatic carbocycles. The molecule has 0 radical (unpaired) electrons. The van der Waals surface area contributed by atoms with Gasteiger partial charge in [-0.2, -0.15) is 13.2 Å². The Morgan fingerprint density at radius 2 is 1.89 bits per heavy atom. The Kier molecular flexibility index (Phi) is 3.55. The fraction of sp³-hybridized carbons (Fsp3) is 0.250. The normalized spacial score (nSPS) is 11.5. The SMILES string of the molecule is FC(F)(F)c1ccc(OCCc2ncc[nH]2)cc1. The summed E-state index contributed by atoms with van der Waals surface area (Å²) in [7, 11) is 0. The first-order chi connectivity index (χ1) is 8.55. The number of nitrogens with zero attached hydrogens (tertiary/aromatic N) is 1. The zero-order valence-electron chi connectivity index (χ0n) is 9.37. The van der Waals surface area contributed by atoms with Gasteiger partial charge in [0.05, 0.1) is 12.2 Å². The Labute approximate surface area is 102 Å². The molecule has 3 nitrogen and oxygen atoms in total. The van der Waals surface area contributed by atoms with Crippen molar-refractivity contribution in [3.05, 3.63) is 48.0 Å². The minimum Gasteiger partial charge on any atom is -0.493 e. The molecule has 0 spiro atoms. The molecule has 0 fully saturated rings. The molecule has 6 heteroatoms. The Morgan fingerprint density at radius 1 is 1.17 bits per heavy atom. The largest absolute Gasteiger partial charge is 0.493 e. The van der Waals surface area contributed by atoms with E-state index in [0.29, 0.717) is 18.8 Å². The van der Waals surface area contributed by atoms with Crippen molar-refractivity contribution in [3.8, 4) is 5.75 Å². The summed E-state index contributed by atoms with van der Waals surface area (Å²) < 4.78 is 42.2. The van der Waals surface area contributed by atoms with Gasteiger partial charge in [-0.25, -0.2) is 4.98 Å². The molecule has 0 aliphatic rings. The van der Waals surface area contributed by atoms with Crippen molar-refractivity contribution < 1.29 is 17.9 Å². The number of rotatable bonds is 4. The second-order valence-electron chi connectivity index (χ2n) is 3.66. The van der Waals surface area contributed by atoms with Crippen LogP contribution in [0.15, 0.2) is 36.7 Å². The van der Waals surface area contributed by atoms with Crippen LogP contribution in [0, 0.1) is 0 Å². The maximum atomic E-state index is 12.3. The third kappa shape index (κ3) is 3.26. The number of imidazole rings is 1. The van der Waals surface area contributed by atoms with Crippen LogP contribution in [-0.4, -0.2) is 16.6 Å². The van der Waals surface area contributed by atoms with Crippen LogP contribution in [0.3, 0.4) is 0 Å². The van der Waals surface area contributed by atoms with Gasteiger partial charge in [-0.15, -0.1) is 0 Å². The van der Waals surface area contributed by atoms with Gasteiger partial charge in [0.15, 0.2) is 0 Å². The van der Waals surface area contributed by atoms with E-state index < -0.39 is 11.7 Å². The molecule has 0 atom stereocenters. The molecular formula is C12H11F3N2O. The summed E-state index contributed by atoms with van der Waals surface area (Å²) in [4.78, 5) is 6.92. The Morgan fingerprint density at radius 3 is 2.44 bits per heavy atom. The molecule has 0 bridgehead atoms. The number of nitrogens with one attached hydrogen (secondary N) is 1. The van der Waals surface area contributed by atoms with Crippen LogP contribution >= 0.6 is 0 Å². The standard InChI is InChI=1S/C12H11F3N2O/c13-12(14,15)9-1-3-10(4-2-9)18-8-5-11-16-6-7-17-11/h1-4,6-7H,5,8H2,(H,16,17). The molecule has 1 aromatic heterocycles. The van der Waals surface area contributed by atoms with Crippen molar-refractivity contribution >= 4 is 0 Å². The van der Waals surface area contributed by atoms with Gasteiger partial charge in [0.1, 0.15) is 11.6 Å². The average Bonchev–Trinajstić information content (AvgIpc) is 2.82. The molecule has 0 saturated heterocycles. The van der Waals surface area contributed by atoms with E-state index >= 15 is 0 Å². The summed E-state index contributed by atoms with van der Waals surface area (Å²) in [5.41, 5.74) is -0.680. The van der Waals surface area contributed by atoms with Crippen LogP contribution in [-0.2, 0) is 12.6 Å². The number of alkyl halides is 3. The zero-order valence-corrected chi connectivity index (χ0v) is 9.37. The van der Waals surface area contributed by atoms with Crippen molar-refractivity contribution in [1.29, 1.82) is 0 Å². The third-order valence-corrected chi connectivity index (χ3v) is 2.34. The molecule has 18 heavy (non-hydrogen) atoms. The van der Waals surface area contributed by atoms with Crippen LogP contribution in [0.2, 0.25) is 0 Å². The summed E-state index contributed by atoms with van der Waals surface area (Å²) in [6.07, 6.45) is -0.401. The smallest absolute Gasteiger partial charge is 0.416 e. The Balaban J connectivity index is 1.87. The third-order valence-electron chi connectivity index (χ3n) is 2.34. The van der Waals surface area contributed by atoms with Crippen molar-refractivity contribution in [2.24, 2.45) is 0 Å². The lowest BCUT2D eigenvalue weighted by molar-refractivity contribution is -0.137. The predicted octanol–water partition coefficient (Wildman–Crippen LogP) is 3.05. The molecular weight excluding hydrogens is 245 g/mol. The van der Waals surface area contributed by atoms with Crippen LogP contribution in [0.1, 0.15) is 11.4 Å². The second-order valence-corrected chi connectivity index (χ2v) is 3.66. The van der Waals surface area contributed by atoms with E-state index in [0.717, 1.165) is 18.0 Å². The number of aromatic nitrogens is 2. The van der Waals surface area contributed by atoms with Gasteiger partial charge in [-0.3, -0.25) is 0 Å². The first-order valence-corrected chi connectivity index (χ1v) is 5.34. The van der Waals surface area contributed by atoms with E-state index in [2.05, 4.69) is 9.97 Å². The van der Waals surface area contributed by atoms with Gasteiger partial charge in [0.2, 0.25) is 0 Å². The summed E-state index contributed by atoms with van der Waals surface area (Å²) >= 11 is 0. The number of hydrogen-bond acceptors (Lipinski definition) is 2. The highest BCUT2D eigenvalue weighted by Crippen LogP contribution is 2.30. The first kappa shape index (κ1) is 12.5. The molecule has 0 amide bonds. The number of benzene rings is 1. The lowest BCUT2D eigenvalue weighted by Gasteiger charge is -2.08. The van der Waals surface area contributed by atoms with E-state index in [1.807, 2.05) is 0 Å². The monoisotopic (exact) mass is 256 g/mol. The van der Waals surface area contributed by atoms with Gasteiger partial charge in [0, 0.05) is 18.8 Å². The fourth-order valence-corrected chi connectivity index (χ4v) is 1.44. The summed E-state index contributed by atoms with van der Waals surface area (Å²) in [6.45, 7) is 0.360. The summed E-state index contributed by atoms with van der Waals surface area (Å²) in [5.74, 6) is 1.19. The lowest BCUT2D eigenvalue weighted by Crippen LogP contribution is -2.05. The van der Waals surface area contributed by atoms with Crippen LogP contribution in [0.25, 0.3) is 0 Å². The molecule has 1 heterocycles. The van der Waals surface area contributed by atoms with Crippen molar-refractivity contribution in [1.82, 2.24) is 9.97 Å². The van der Waals surface area contributed by atoms with Gasteiger partial charge < -0.3 is 9.72 Å². The van der Waals surface area contributed by atoms with Crippen LogP contribution in [0.4, 0.5) is 13.2 Å². The molecule has 2 aromatic rings. The van der Waals surface area contributed by atoms with Crippen molar-refractivity contribution in [2.45, 2.75) is 12.6 Å². The van der Waals surface area contributed by atoms with E-state index in [4.69, 9.17) is 4.74 Å². The fourth-order valence-electron chi connectivity index (χ4n) is 1.44. The number of halogens is 3. The predicted molar refractivity (Wildman–Crippen MR) is 59.2 cm³/mol. The van der Waals surface area contributed by atoms with Gasteiger partial charge in [-0.05, 0) is 24.3 Å². The summed E-state index contributed by atoms with van der Waals surface area (Å²) in [6, 6.07) is 4.63. The van der Waals surface area contributed by atoms with E-state index in [-0.39, 0.29) is 0 Å². The average molecular weight is 256 g/mol. The lowest BCUT2D eigenvalue weighted by atomic mass is 10.2. The number of H-pyrrole nitrogens is 1. The van der Waals surface area contributed by atoms with E-state index in [1.54, 1.807) is 12.4 Å². The molecule has 0 unspecified atom stereocenters. The van der Waals surface area contributed by atoms with Gasteiger partial charge in [-0.1, -0.05) is 0 Å². The van der Waals surface area contributed by atoms with Gasteiger partial charge >= 0.3 is 6.18 Å². The second kappa shape index (κ2) is 5.12. The molecule has 1 N–H and O–H groups in total. The number of ether oxygens (including phenoxy) is 1. The molecule has 96 valence electrons. The number of aromatic amines is 1. The maximum absolute atomic E-state index is 12.3. The van der Waals surface area contributed by atoms with E-state index in [9.17, 15) is 13.2 Å². The topological polar surface area (TPSA) is 37.9 Å². The molecule has 0 aliphatic heterocycles. The first-order valence-electron chi connectivity index (χ1n) is 5.34. The highest BCUT2D eigenvalue weighted by atomic mass is 19.4. The van der Waals surface area contributed by atoms with Crippen molar-refractivity contribution in [2.75, 3.05) is 6.61 Å².